The molecule has 5 N–H and O–H groups in total. The number of hydrogen-bond donors (Lipinski definition) is 5. The number of aliphatic hydroxyl groups is 2. The van der Waals surface area contributed by atoms with Gasteiger partial charge in [0.25, 0.3) is 0 Å². The summed E-state index contributed by atoms with van der Waals surface area (Å²) >= 11 is 0. The molecule has 0 bridgehead atoms. The van der Waals surface area contributed by atoms with Crippen LogP contribution in [0.25, 0.3) is 0 Å². The molecule has 1 radical (unpaired) electrons. The summed E-state index contributed by atoms with van der Waals surface area (Å²) in [7, 11) is 0. The van der Waals surface area contributed by atoms with Gasteiger partial charge in [-0.2, -0.15) is 0 Å². The summed E-state index contributed by atoms with van der Waals surface area (Å²) in [4.78, 5) is 85.6. The van der Waals surface area contributed by atoms with Crippen LogP contribution in [0.4, 0.5) is 0 Å². The van der Waals surface area contributed by atoms with Gasteiger partial charge in [0.05, 0.1) is 6.61 Å². The van der Waals surface area contributed by atoms with Crippen molar-refractivity contribution in [3.8, 4) is 0 Å². The summed E-state index contributed by atoms with van der Waals surface area (Å²) in [5.74, 6) is -4.75. The Morgan fingerprint density at radius 2 is 1.09 bits per heavy atom. The maximum atomic E-state index is 12.6. The van der Waals surface area contributed by atoms with Gasteiger partial charge in [0, 0.05) is 64.4 Å². The van der Waals surface area contributed by atoms with Crippen molar-refractivity contribution < 1.29 is 65.6 Å². The number of aliphatic hydroxyl groups excluding tert-OH is 2. The number of nitrogens with zero attached hydrogens (tertiary/aromatic N) is 3. The molecule has 19 nitrogen and oxygen atoms in total. The normalized spacial score (nSPS) is 16.6. The molecule has 1 rings (SSSR count). The van der Waals surface area contributed by atoms with Gasteiger partial charge in [0.1, 0.15) is 18.1 Å². The molecule has 0 aromatic rings. The minimum atomic E-state index is -1.09. The summed E-state index contributed by atoms with van der Waals surface area (Å²) < 4.78 is 5.22. The molecule has 0 saturated carbocycles. The summed E-state index contributed by atoms with van der Waals surface area (Å²) in [6, 6.07) is -2.94. The zero-order valence-corrected chi connectivity index (χ0v) is 32.8. The van der Waals surface area contributed by atoms with Gasteiger partial charge < -0.3 is 61.7 Å². The second-order valence-corrected chi connectivity index (χ2v) is 13.0. The minimum absolute atomic E-state index is 0. The molecule has 3 unspecified atom stereocenters. The van der Waals surface area contributed by atoms with E-state index in [0.29, 0.717) is 16.7 Å². The van der Waals surface area contributed by atoms with Crippen molar-refractivity contribution in [3.05, 3.63) is 50.6 Å². The molecule has 6 amide bonds. The van der Waals surface area contributed by atoms with Gasteiger partial charge in [-0.05, 0) is 72.1 Å². The van der Waals surface area contributed by atoms with E-state index in [9.17, 15) is 49.2 Å². The van der Waals surface area contributed by atoms with Crippen molar-refractivity contribution >= 4 is 41.4 Å². The number of rotatable bonds is 24. The molecule has 1 saturated heterocycles. The van der Waals surface area contributed by atoms with Crippen LogP contribution in [0, 0.1) is 15.6 Å². The second-order valence-electron chi connectivity index (χ2n) is 13.0. The fraction of sp³-hybridized carbons (Fsp3) is 0.629. The first-order chi connectivity index (χ1) is 25.5. The second kappa shape index (κ2) is 27.4. The standard InChI is InChI=1S/C35H53N6O13.Fe/c1-23(11-17-42)20-30(45)39(51)14-5-8-27-33(48)38-28(34(49)37-27)9-6-15-40(52)32(47)22-25(3)13-19-54-35(50)29(36-26(4)44)10-7-16-41(53)31(46)21-24(2)12-18-43;/h20-22,27-29,42-43H,5-19H2,1-4H3,(H,36,44)(H,37,49)(H,38,48);/q-3;+3. The molecule has 1 aliphatic heterocycles. The Hall–Kier alpha value is -4.17. The zero-order chi connectivity index (χ0) is 40.8. The molecule has 20 heteroatoms. The van der Waals surface area contributed by atoms with Crippen LogP contribution in [-0.2, 0) is 55.4 Å². The number of nitrogens with one attached hydrogen (secondary N) is 3. The Kier molecular flexibility index (Phi) is 25.3. The minimum Gasteiger partial charge on any atom is -0.756 e. The average Bonchev–Trinajstić information content (AvgIpc) is 3.09. The first-order valence-electron chi connectivity index (χ1n) is 17.7. The Labute approximate surface area is 331 Å². The summed E-state index contributed by atoms with van der Waals surface area (Å²) in [5.41, 5.74) is 1.50. The molecule has 3 atom stereocenters. The van der Waals surface area contributed by atoms with Crippen LogP contribution in [0.3, 0.4) is 0 Å². The van der Waals surface area contributed by atoms with Gasteiger partial charge in [-0.3, -0.25) is 28.8 Å². The summed E-state index contributed by atoms with van der Waals surface area (Å²) in [5, 5.41) is 62.4. The predicted octanol–water partition coefficient (Wildman–Crippen LogP) is 0.329. The topological polar surface area (TPSA) is 284 Å². The number of esters is 1. The molecule has 1 aliphatic rings. The van der Waals surface area contributed by atoms with Crippen molar-refractivity contribution in [2.45, 2.75) is 104 Å². The van der Waals surface area contributed by atoms with Gasteiger partial charge in [-0.15, -0.1) is 0 Å². The van der Waals surface area contributed by atoms with Gasteiger partial charge in [-0.1, -0.05) is 16.7 Å². The molecule has 0 aromatic heterocycles. The van der Waals surface area contributed by atoms with Crippen LogP contribution in [0.2, 0.25) is 0 Å². The third-order valence-corrected chi connectivity index (χ3v) is 8.09. The van der Waals surface area contributed by atoms with E-state index < -0.39 is 59.5 Å². The van der Waals surface area contributed by atoms with Crippen LogP contribution in [0.5, 0.6) is 0 Å². The Balaban J connectivity index is 0.0000292. The Morgan fingerprint density at radius 1 is 0.709 bits per heavy atom. The molecular formula is C35H53FeN6O13. The number of hydroxylamine groups is 6. The number of hydrogen-bond acceptors (Lipinski definition) is 13. The van der Waals surface area contributed by atoms with Crippen molar-refractivity contribution in [1.29, 1.82) is 0 Å². The van der Waals surface area contributed by atoms with E-state index >= 15 is 0 Å². The van der Waals surface area contributed by atoms with Crippen molar-refractivity contribution in [2.24, 2.45) is 0 Å². The molecule has 55 heavy (non-hydrogen) atoms. The fourth-order valence-electron chi connectivity index (χ4n) is 5.05. The Bertz CT molecular complexity index is 1410. The molecule has 309 valence electrons. The monoisotopic (exact) mass is 821 g/mol. The van der Waals surface area contributed by atoms with Crippen LogP contribution >= 0.6 is 0 Å². The molecular weight excluding hydrogens is 768 g/mol. The van der Waals surface area contributed by atoms with E-state index in [1.165, 1.54) is 6.92 Å². The number of ether oxygens (including phenoxy) is 1. The number of carbonyl (C=O) groups is 7. The van der Waals surface area contributed by atoms with Crippen molar-refractivity contribution in [3.63, 3.8) is 0 Å². The van der Waals surface area contributed by atoms with E-state index in [4.69, 9.17) is 14.9 Å². The quantitative estimate of drug-likeness (QED) is 0.0380. The molecule has 1 heterocycles. The number of carbonyl (C=O) groups excluding carboxylic acids is 7. The van der Waals surface area contributed by atoms with Gasteiger partial charge in [0.2, 0.25) is 35.4 Å². The van der Waals surface area contributed by atoms with Gasteiger partial charge in [-0.25, -0.2) is 4.79 Å². The first kappa shape index (κ1) is 50.8. The zero-order valence-electron chi connectivity index (χ0n) is 31.7. The summed E-state index contributed by atoms with van der Waals surface area (Å²) in [6.45, 7) is 4.73. The van der Waals surface area contributed by atoms with Crippen LogP contribution in [0.1, 0.15) is 85.5 Å². The molecule has 0 aliphatic carbocycles. The fourth-order valence-corrected chi connectivity index (χ4v) is 5.05. The molecule has 0 aromatic carbocycles. The van der Waals surface area contributed by atoms with Gasteiger partial charge in [0.15, 0.2) is 0 Å². The van der Waals surface area contributed by atoms with Gasteiger partial charge >= 0.3 is 23.0 Å². The van der Waals surface area contributed by atoms with Crippen LogP contribution in [0.15, 0.2) is 34.9 Å². The van der Waals surface area contributed by atoms with E-state index in [-0.39, 0.29) is 130 Å². The average molecular weight is 822 g/mol. The van der Waals surface area contributed by atoms with Crippen molar-refractivity contribution in [1.82, 2.24) is 31.1 Å². The summed E-state index contributed by atoms with van der Waals surface area (Å²) in [6.07, 6.45) is 4.40. The number of amides is 6. The smallest absolute Gasteiger partial charge is 0.756 e. The van der Waals surface area contributed by atoms with E-state index in [2.05, 4.69) is 16.0 Å². The van der Waals surface area contributed by atoms with Crippen LogP contribution < -0.4 is 16.0 Å². The van der Waals surface area contributed by atoms with E-state index in [1.54, 1.807) is 20.8 Å². The Morgan fingerprint density at radius 3 is 1.47 bits per heavy atom. The number of piperazine rings is 1. The maximum Gasteiger partial charge on any atom is 3.00 e. The van der Waals surface area contributed by atoms with Crippen molar-refractivity contribution in [2.75, 3.05) is 39.5 Å². The van der Waals surface area contributed by atoms with Crippen LogP contribution in [-0.4, -0.2) is 124 Å². The third kappa shape index (κ3) is 20.9. The molecule has 1 fully saturated rings. The SMILES string of the molecule is CC(=O)NC(CCCN([O-])C(=O)C=C(C)CCO)C(=O)OCCC(C)=CC(=O)N([O-])CCCC1NC(=O)C(CCCN([O-])C(=O)C=C(C)CCO)NC1=O.[Fe+3]. The van der Waals surface area contributed by atoms with E-state index in [0.717, 1.165) is 18.2 Å². The third-order valence-electron chi connectivity index (χ3n) is 8.09. The predicted molar refractivity (Wildman–Crippen MR) is 195 cm³/mol. The molecule has 0 spiro atoms. The maximum absolute atomic E-state index is 12.6. The first-order valence-corrected chi connectivity index (χ1v) is 17.7. The van der Waals surface area contributed by atoms with E-state index in [1.807, 2.05) is 0 Å². The largest absolute Gasteiger partial charge is 3.00 e.